The number of rotatable bonds is 1. The first-order valence-electron chi connectivity index (χ1n) is 6.14. The van der Waals surface area contributed by atoms with Gasteiger partial charge >= 0.3 is 0 Å². The SMILES string of the molecule is CC(C)(C)c1nnc2sc(-c3cc(N)cc(Br)c3)nn12. The van der Waals surface area contributed by atoms with Crippen LogP contribution < -0.4 is 5.73 Å². The molecule has 2 heterocycles. The van der Waals surface area contributed by atoms with Crippen LogP contribution in [0.1, 0.15) is 26.6 Å². The fourth-order valence-corrected chi connectivity index (χ4v) is 3.27. The van der Waals surface area contributed by atoms with E-state index in [2.05, 4.69) is 52.0 Å². The summed E-state index contributed by atoms with van der Waals surface area (Å²) in [5.41, 5.74) is 7.47. The van der Waals surface area contributed by atoms with Gasteiger partial charge in [-0.3, -0.25) is 0 Å². The first-order valence-corrected chi connectivity index (χ1v) is 7.75. The van der Waals surface area contributed by atoms with Gasteiger partial charge in [0, 0.05) is 21.1 Å². The molecule has 7 heteroatoms. The maximum Gasteiger partial charge on any atom is 0.235 e. The lowest BCUT2D eigenvalue weighted by atomic mass is 9.96. The van der Waals surface area contributed by atoms with Crippen molar-refractivity contribution in [2.45, 2.75) is 26.2 Å². The number of halogens is 1. The molecule has 20 heavy (non-hydrogen) atoms. The minimum Gasteiger partial charge on any atom is -0.399 e. The van der Waals surface area contributed by atoms with Gasteiger partial charge in [-0.25, -0.2) is 0 Å². The molecule has 0 aliphatic rings. The molecule has 1 aromatic carbocycles. The third-order valence-electron chi connectivity index (χ3n) is 2.83. The highest BCUT2D eigenvalue weighted by Gasteiger charge is 2.23. The minimum atomic E-state index is -0.0962. The summed E-state index contributed by atoms with van der Waals surface area (Å²) in [5.74, 6) is 0.859. The molecule has 0 aliphatic heterocycles. The van der Waals surface area contributed by atoms with E-state index >= 15 is 0 Å². The van der Waals surface area contributed by atoms with Crippen molar-refractivity contribution in [1.82, 2.24) is 19.8 Å². The summed E-state index contributed by atoms with van der Waals surface area (Å²) in [4.78, 5) is 0.795. The van der Waals surface area contributed by atoms with Gasteiger partial charge in [-0.15, -0.1) is 10.2 Å². The van der Waals surface area contributed by atoms with Crippen LogP contribution in [0.25, 0.3) is 15.5 Å². The highest BCUT2D eigenvalue weighted by molar-refractivity contribution is 9.10. The quantitative estimate of drug-likeness (QED) is 0.681. The van der Waals surface area contributed by atoms with E-state index in [1.807, 2.05) is 22.7 Å². The number of aromatic nitrogens is 4. The number of fused-ring (bicyclic) bond motifs is 1. The van der Waals surface area contributed by atoms with E-state index in [0.717, 1.165) is 25.8 Å². The van der Waals surface area contributed by atoms with Crippen LogP contribution in [0.15, 0.2) is 22.7 Å². The predicted octanol–water partition coefficient (Wildman–Crippen LogP) is 3.50. The maximum atomic E-state index is 5.88. The van der Waals surface area contributed by atoms with E-state index in [1.165, 1.54) is 11.3 Å². The summed E-state index contributed by atoms with van der Waals surface area (Å²) in [6.07, 6.45) is 0. The van der Waals surface area contributed by atoms with E-state index in [-0.39, 0.29) is 5.41 Å². The lowest BCUT2D eigenvalue weighted by molar-refractivity contribution is 0.528. The third kappa shape index (κ3) is 2.31. The van der Waals surface area contributed by atoms with Crippen molar-refractivity contribution >= 4 is 37.9 Å². The number of nitrogens with zero attached hydrogens (tertiary/aromatic N) is 4. The van der Waals surface area contributed by atoms with Gasteiger partial charge < -0.3 is 5.73 Å². The van der Waals surface area contributed by atoms with Crippen molar-refractivity contribution in [2.24, 2.45) is 0 Å². The van der Waals surface area contributed by atoms with Crippen LogP contribution in [0.2, 0.25) is 0 Å². The maximum absolute atomic E-state index is 5.88. The van der Waals surface area contributed by atoms with E-state index in [0.29, 0.717) is 5.69 Å². The molecule has 0 fully saturated rings. The molecule has 0 aliphatic carbocycles. The van der Waals surface area contributed by atoms with E-state index in [9.17, 15) is 0 Å². The number of nitrogen functional groups attached to an aromatic ring is 1. The smallest absolute Gasteiger partial charge is 0.235 e. The summed E-state index contributed by atoms with van der Waals surface area (Å²) in [6.45, 7) is 6.29. The molecule has 3 aromatic rings. The minimum absolute atomic E-state index is 0.0962. The van der Waals surface area contributed by atoms with Crippen molar-refractivity contribution in [3.63, 3.8) is 0 Å². The number of anilines is 1. The lowest BCUT2D eigenvalue weighted by Gasteiger charge is -2.13. The van der Waals surface area contributed by atoms with E-state index in [4.69, 9.17) is 5.73 Å². The van der Waals surface area contributed by atoms with Gasteiger partial charge in [0.05, 0.1) is 0 Å². The fourth-order valence-electron chi connectivity index (χ4n) is 1.94. The Hall–Kier alpha value is -1.47. The molecular formula is C13H14BrN5S. The van der Waals surface area contributed by atoms with Crippen molar-refractivity contribution in [1.29, 1.82) is 0 Å². The van der Waals surface area contributed by atoms with Gasteiger partial charge in [-0.1, -0.05) is 48.0 Å². The summed E-state index contributed by atoms with van der Waals surface area (Å²) in [5, 5.41) is 13.9. The molecule has 5 nitrogen and oxygen atoms in total. The topological polar surface area (TPSA) is 69.1 Å². The molecule has 0 unspecified atom stereocenters. The van der Waals surface area contributed by atoms with Crippen LogP contribution in [-0.4, -0.2) is 19.8 Å². The molecule has 0 radical (unpaired) electrons. The number of nitrogens with two attached hydrogens (primary N) is 1. The molecular weight excluding hydrogens is 338 g/mol. The normalized spacial score (nSPS) is 12.2. The zero-order chi connectivity index (χ0) is 14.5. The Balaban J connectivity index is 2.16. The van der Waals surface area contributed by atoms with Crippen LogP contribution in [0.5, 0.6) is 0 Å². The van der Waals surface area contributed by atoms with Crippen molar-refractivity contribution in [3.8, 4) is 10.6 Å². The van der Waals surface area contributed by atoms with Gasteiger partial charge in [0.1, 0.15) is 5.01 Å². The molecule has 2 aromatic heterocycles. The zero-order valence-electron chi connectivity index (χ0n) is 11.4. The Morgan fingerprint density at radius 2 is 1.95 bits per heavy atom. The third-order valence-corrected chi connectivity index (χ3v) is 4.23. The Kier molecular flexibility index (Phi) is 3.06. The van der Waals surface area contributed by atoms with Crippen LogP contribution >= 0.6 is 27.3 Å². The monoisotopic (exact) mass is 351 g/mol. The van der Waals surface area contributed by atoms with Gasteiger partial charge in [-0.2, -0.15) is 9.61 Å². The molecule has 0 saturated carbocycles. The summed E-state index contributed by atoms with van der Waals surface area (Å²) in [6, 6.07) is 5.77. The highest BCUT2D eigenvalue weighted by atomic mass is 79.9. The standard InChI is InChI=1S/C13H14BrN5S/c1-13(2,3)11-16-17-12-19(11)18-10(20-12)7-4-8(14)6-9(15)5-7/h4-6H,15H2,1-3H3. The Morgan fingerprint density at radius 3 is 2.60 bits per heavy atom. The second kappa shape index (κ2) is 4.53. The van der Waals surface area contributed by atoms with E-state index < -0.39 is 0 Å². The van der Waals surface area contributed by atoms with Gasteiger partial charge in [0.2, 0.25) is 4.96 Å². The zero-order valence-corrected chi connectivity index (χ0v) is 13.8. The molecule has 104 valence electrons. The highest BCUT2D eigenvalue weighted by Crippen LogP contribution is 2.31. The molecule has 3 rings (SSSR count). The molecule has 0 saturated heterocycles. The lowest BCUT2D eigenvalue weighted by Crippen LogP contribution is -2.16. The van der Waals surface area contributed by atoms with Crippen LogP contribution in [0.3, 0.4) is 0 Å². The largest absolute Gasteiger partial charge is 0.399 e. The van der Waals surface area contributed by atoms with Gasteiger partial charge in [0.15, 0.2) is 5.82 Å². The van der Waals surface area contributed by atoms with Crippen molar-refractivity contribution in [3.05, 3.63) is 28.5 Å². The van der Waals surface area contributed by atoms with Crippen LogP contribution in [0, 0.1) is 0 Å². The second-order valence-corrected chi connectivity index (χ2v) is 7.52. The first kappa shape index (κ1) is 13.5. The molecule has 0 spiro atoms. The van der Waals surface area contributed by atoms with Crippen LogP contribution in [-0.2, 0) is 5.41 Å². The average Bonchev–Trinajstić information content (AvgIpc) is 2.83. The predicted molar refractivity (Wildman–Crippen MR) is 84.9 cm³/mol. The molecule has 0 atom stereocenters. The van der Waals surface area contributed by atoms with Crippen molar-refractivity contribution in [2.75, 3.05) is 5.73 Å². The number of benzene rings is 1. The molecule has 0 amide bonds. The second-order valence-electron chi connectivity index (χ2n) is 5.65. The first-order chi connectivity index (χ1) is 9.34. The average molecular weight is 352 g/mol. The molecule has 2 N–H and O–H groups in total. The summed E-state index contributed by atoms with van der Waals surface area (Å²) in [7, 11) is 0. The Bertz CT molecular complexity index is 764. The Morgan fingerprint density at radius 1 is 1.20 bits per heavy atom. The molecule has 0 bridgehead atoms. The van der Waals surface area contributed by atoms with Crippen LogP contribution in [0.4, 0.5) is 5.69 Å². The number of hydrogen-bond donors (Lipinski definition) is 1. The van der Waals surface area contributed by atoms with E-state index in [1.54, 1.807) is 0 Å². The summed E-state index contributed by atoms with van der Waals surface area (Å²) < 4.78 is 2.76. The Labute approximate surface area is 129 Å². The van der Waals surface area contributed by atoms with Crippen molar-refractivity contribution < 1.29 is 0 Å². The van der Waals surface area contributed by atoms with Gasteiger partial charge in [0.25, 0.3) is 0 Å². The summed E-state index contributed by atoms with van der Waals surface area (Å²) >= 11 is 4.96. The number of hydrogen-bond acceptors (Lipinski definition) is 5. The van der Waals surface area contributed by atoms with Gasteiger partial charge in [-0.05, 0) is 18.2 Å². The fraction of sp³-hybridized carbons (Fsp3) is 0.308.